The van der Waals surface area contributed by atoms with E-state index in [1.807, 2.05) is 72.9 Å². The van der Waals surface area contributed by atoms with Gasteiger partial charge in [-0.05, 0) is 180 Å². The molecule has 2 bridgehead atoms. The molecule has 120 heavy (non-hydrogen) atoms. The van der Waals surface area contributed by atoms with Crippen molar-refractivity contribution in [3.63, 3.8) is 0 Å². The molecule has 30 heteroatoms. The van der Waals surface area contributed by atoms with Gasteiger partial charge in [0.15, 0.2) is 11.2 Å². The number of aliphatic hydroxyl groups excluding tert-OH is 1. The van der Waals surface area contributed by atoms with E-state index in [1.54, 1.807) is 25.6 Å². The third-order valence-corrected chi connectivity index (χ3v) is 24.2. The lowest BCUT2D eigenvalue weighted by Gasteiger charge is -2.36. The lowest BCUT2D eigenvalue weighted by Crippen LogP contribution is -2.54. The number of hydrogen-bond acceptors (Lipinski definition) is 26. The van der Waals surface area contributed by atoms with Crippen LogP contribution in [0.25, 0.3) is 33.4 Å². The molecule has 30 nitrogen and oxygen atoms in total. The van der Waals surface area contributed by atoms with Crippen LogP contribution in [-0.4, -0.2) is 238 Å². The molecule has 9 atom stereocenters. The molecule has 2 unspecified atom stereocenters. The number of methoxy groups -OCH3 is 1. The molecule has 6 aliphatic rings. The van der Waals surface area contributed by atoms with E-state index in [1.165, 1.54) is 16.8 Å². The lowest BCUT2D eigenvalue weighted by atomic mass is 9.83. The number of hydrogen-bond donors (Lipinski definition) is 4. The number of carbonyl (C=O) groups is 6. The average Bonchev–Trinajstić information content (AvgIpc) is 1.62. The van der Waals surface area contributed by atoms with Gasteiger partial charge in [-0.25, -0.2) is 34.2 Å². The van der Waals surface area contributed by atoms with Crippen molar-refractivity contribution in [1.82, 2.24) is 54.7 Å². The number of cyclic esters (lactones) is 1. The Labute approximate surface area is 703 Å². The van der Waals surface area contributed by atoms with Crippen molar-refractivity contribution in [3.05, 3.63) is 125 Å². The highest BCUT2D eigenvalue weighted by Crippen LogP contribution is 2.36. The summed E-state index contributed by atoms with van der Waals surface area (Å²) in [5.74, 6) is -0.619. The molecule has 3 amide bonds. The van der Waals surface area contributed by atoms with Crippen LogP contribution in [0.5, 0.6) is 0 Å². The Morgan fingerprint density at radius 2 is 1.48 bits per heavy atom. The Morgan fingerprint density at radius 3 is 2.24 bits per heavy atom. The van der Waals surface area contributed by atoms with Crippen molar-refractivity contribution in [3.8, 4) is 11.3 Å². The first-order valence-corrected chi connectivity index (χ1v) is 43.4. The van der Waals surface area contributed by atoms with Gasteiger partial charge in [0.1, 0.15) is 53.5 Å². The van der Waals surface area contributed by atoms with Gasteiger partial charge in [0.2, 0.25) is 17.6 Å². The van der Waals surface area contributed by atoms with Crippen LogP contribution in [0, 0.1) is 23.7 Å². The summed E-state index contributed by atoms with van der Waals surface area (Å²) in [4.78, 5) is 113. The molecule has 4 aromatic heterocycles. The minimum absolute atomic E-state index is 0.00972. The molecule has 1 aliphatic carbocycles. The number of benzene rings is 2. The van der Waals surface area contributed by atoms with Crippen LogP contribution in [0.3, 0.4) is 0 Å². The smallest absolute Gasteiger partial charge is 0.407 e. The normalized spacial score (nSPS) is 26.0. The van der Waals surface area contributed by atoms with E-state index in [4.69, 9.17) is 58.9 Å². The number of nitrogens with one attached hydrogen (secondary N) is 1. The second-order valence-electron chi connectivity index (χ2n) is 33.3. The number of anilines is 3. The molecule has 0 radical (unpaired) electrons. The fraction of sp³-hybridized carbons (Fsp3) is 0.600. The number of aliphatic hydroxyl groups is 1. The second kappa shape index (κ2) is 44.9. The van der Waals surface area contributed by atoms with Gasteiger partial charge < -0.3 is 78.9 Å². The van der Waals surface area contributed by atoms with Crippen molar-refractivity contribution in [2.24, 2.45) is 23.7 Å². The summed E-state index contributed by atoms with van der Waals surface area (Å²) in [6.45, 7) is 19.5. The fourth-order valence-corrected chi connectivity index (χ4v) is 17.1. The Kier molecular flexibility index (Phi) is 33.6. The number of ketones is 2. The predicted octanol–water partition coefficient (Wildman–Crippen LogP) is 11.0. The quantitative estimate of drug-likeness (QED) is 0.0170. The summed E-state index contributed by atoms with van der Waals surface area (Å²) in [6, 6.07) is 11.1. The standard InChI is InChI=1S/C90H124N14O16/c1-59-13-8-7-9-14-61(3)79(112-6)51-72-15-12-17-78(117-72)83(108)86(109)103-32-11-10-16-74(103)87(110)118-70(25-18-60(2)48-63(5)76(106)52-75(105)62(4)47-59)26-20-64-21-27-71(28-22-64)119-90(111)95-55-66-53-93-89(94-54-66)101-36-34-100(35-37-101)38-40-114-42-44-116-46-45-115-43-41-113-39-31-80(107)102-33-30-67-49-65(19-23-69(67)57-102)56-104-85-81(84(91)96-58-97-85)82(99-104)68-24-29-77-73(50-68)98-88(92)120-77/h7-9,13-14,19,23-24,29,48-50,53-54,58-60,62,64,70-72,74,76,78-79,106H,10-12,15-18,20-22,25-28,30-47,51-52,55-57H2,1-6H3,(H2,92,98)(H,95,111)(H2,91,96,97)/b9-7+,13-8+,61-14+,63-48+/t59-,60+,62-,64-,70+,71-,72?,74+,76+,78?,79+/m1/s1. The average molecular weight is 1660 g/mol. The van der Waals surface area contributed by atoms with Crippen LogP contribution in [0.15, 0.2) is 107 Å². The van der Waals surface area contributed by atoms with Gasteiger partial charge in [0.05, 0.1) is 89.5 Å². The van der Waals surface area contributed by atoms with Gasteiger partial charge in [0, 0.05) is 108 Å². The topological polar surface area (TPSA) is 369 Å². The summed E-state index contributed by atoms with van der Waals surface area (Å²) in [7, 11) is 1.65. The monoisotopic (exact) mass is 1660 g/mol. The first-order valence-electron chi connectivity index (χ1n) is 43.4. The number of piperidine rings is 1. The molecule has 4 fully saturated rings. The van der Waals surface area contributed by atoms with Gasteiger partial charge in [-0.15, -0.1) is 0 Å². The number of alkyl carbamates (subject to hydrolysis) is 1. The number of Topliss-reactive ketones (excluding diaryl/α,β-unsaturated/α-hetero) is 2. The van der Waals surface area contributed by atoms with Crippen LogP contribution < -0.4 is 21.7 Å². The summed E-state index contributed by atoms with van der Waals surface area (Å²) in [6.07, 6.45) is 24.7. The SMILES string of the molecule is CO[C@H]1CC2CCCC(O2)C(=O)C(=O)N2CCCC[C@H]2C(=O)O[C@H](CC[C@H]2CC[C@H](OC(=O)NCc3cnc(N4CCN(CCOCCOCCOCCOCCC(=O)N5CCc6cc(Cn7nc(-c8ccc9oc(N)nc9c8)c8c(N)ncnc87)ccc6C5)CC4)nc3)CC2)CC[C@H](C)/C=C(\C)[C@@H](O)CC(=O)[C@H](C)C[C@H](C)/C=C/C=C/C=C/1C. The number of nitrogen functional groups attached to an aromatic ring is 2. The van der Waals surface area contributed by atoms with E-state index in [0.29, 0.717) is 195 Å². The van der Waals surface area contributed by atoms with Crippen LogP contribution >= 0.6 is 0 Å². The van der Waals surface area contributed by atoms with Crippen LogP contribution in [0.2, 0.25) is 0 Å². The second-order valence-corrected chi connectivity index (χ2v) is 33.3. The van der Waals surface area contributed by atoms with E-state index in [0.717, 1.165) is 98.2 Å². The Bertz CT molecular complexity index is 4510. The number of fused-ring (bicyclic) bond motifs is 6. The van der Waals surface area contributed by atoms with E-state index >= 15 is 0 Å². The molecule has 2 aromatic carbocycles. The van der Waals surface area contributed by atoms with Crippen molar-refractivity contribution >= 4 is 75.4 Å². The number of esters is 1. The number of aromatic nitrogens is 7. The number of nitrogens with zero attached hydrogens (tertiary/aromatic N) is 11. The molecule has 12 rings (SSSR count). The molecule has 3 saturated heterocycles. The molecular formula is C90H124N14O16. The number of carbonyl (C=O) groups excluding carboxylic acids is 6. The lowest BCUT2D eigenvalue weighted by molar-refractivity contribution is -0.167. The maximum Gasteiger partial charge on any atom is 0.407 e. The molecule has 0 spiro atoms. The van der Waals surface area contributed by atoms with Crippen LogP contribution in [0.1, 0.15) is 172 Å². The Balaban J connectivity index is 0.497. The van der Waals surface area contributed by atoms with Gasteiger partial charge in [-0.1, -0.05) is 75.4 Å². The number of ether oxygens (including phenoxy) is 8. The molecule has 9 heterocycles. The van der Waals surface area contributed by atoms with Gasteiger partial charge in [-0.3, -0.25) is 24.1 Å². The van der Waals surface area contributed by atoms with Crippen LogP contribution in [0.4, 0.5) is 22.6 Å². The summed E-state index contributed by atoms with van der Waals surface area (Å²) in [5.41, 5.74) is 21.2. The van der Waals surface area contributed by atoms with Gasteiger partial charge in [0.25, 0.3) is 11.9 Å². The Morgan fingerprint density at radius 1 is 0.717 bits per heavy atom. The largest absolute Gasteiger partial charge is 0.461 e. The number of oxazole rings is 1. The molecule has 1 saturated carbocycles. The van der Waals surface area contributed by atoms with Crippen molar-refractivity contribution in [1.29, 1.82) is 0 Å². The number of amides is 3. The first kappa shape index (κ1) is 89.8. The maximum absolute atomic E-state index is 14.5. The highest BCUT2D eigenvalue weighted by atomic mass is 16.6. The van der Waals surface area contributed by atoms with Crippen LogP contribution in [-0.2, 0) is 87.9 Å². The predicted molar refractivity (Wildman–Crippen MR) is 454 cm³/mol. The van der Waals surface area contributed by atoms with Crippen molar-refractivity contribution in [2.75, 3.05) is 122 Å². The highest BCUT2D eigenvalue weighted by Gasteiger charge is 2.42. The minimum atomic E-state index is -0.922. The first-order chi connectivity index (χ1) is 58.2. The summed E-state index contributed by atoms with van der Waals surface area (Å²) >= 11 is 0. The number of rotatable bonds is 26. The van der Waals surface area contributed by atoms with E-state index in [-0.39, 0.29) is 79.7 Å². The Hall–Kier alpha value is -9.40. The minimum Gasteiger partial charge on any atom is -0.461 e. The number of nitrogens with two attached hydrogens (primary N) is 2. The van der Waals surface area contributed by atoms with E-state index in [9.17, 15) is 33.9 Å². The van der Waals surface area contributed by atoms with E-state index < -0.39 is 48.1 Å². The third-order valence-electron chi connectivity index (χ3n) is 24.2. The summed E-state index contributed by atoms with van der Waals surface area (Å²) < 4.78 is 55.0. The third kappa shape index (κ3) is 25.8. The number of piperazine rings is 1. The van der Waals surface area contributed by atoms with Crippen molar-refractivity contribution in [2.45, 2.75) is 219 Å². The zero-order valence-corrected chi connectivity index (χ0v) is 70.8. The van der Waals surface area contributed by atoms with Crippen molar-refractivity contribution < 1.29 is 76.2 Å². The number of allylic oxidation sites excluding steroid dienone is 6. The zero-order chi connectivity index (χ0) is 84.4. The van der Waals surface area contributed by atoms with E-state index in [2.05, 4.69) is 78.2 Å². The van der Waals surface area contributed by atoms with Gasteiger partial charge >= 0.3 is 12.1 Å². The molecule has 6 aromatic rings. The molecule has 5 aliphatic heterocycles. The highest BCUT2D eigenvalue weighted by molar-refractivity contribution is 6.38. The fourth-order valence-electron chi connectivity index (χ4n) is 17.1. The maximum atomic E-state index is 14.5. The zero-order valence-electron chi connectivity index (χ0n) is 70.8. The molecular weight excluding hydrogens is 1530 g/mol. The molecule has 6 N–H and O–H groups in total. The molecule has 650 valence electrons. The van der Waals surface area contributed by atoms with Gasteiger partial charge in [-0.2, -0.15) is 10.1 Å². The summed E-state index contributed by atoms with van der Waals surface area (Å²) in [5, 5.41) is 19.8.